The lowest BCUT2D eigenvalue weighted by atomic mass is 10.5. The van der Waals surface area contributed by atoms with E-state index in [2.05, 4.69) is 19.1 Å². The number of nitriles is 1. The first-order chi connectivity index (χ1) is 4.83. The average molecular weight is 169 g/mol. The summed E-state index contributed by atoms with van der Waals surface area (Å²) < 4.78 is 0. The standard InChI is InChI=1S/C7H7NS2/c1-6-2-3-7(10-6)4-9-5-8/h2-3H,4H2,1H3. The van der Waals surface area contributed by atoms with Crippen molar-refractivity contribution in [3.63, 3.8) is 0 Å². The van der Waals surface area contributed by atoms with Crippen LogP contribution in [-0.2, 0) is 5.75 Å². The molecule has 0 N–H and O–H groups in total. The fourth-order valence-electron chi connectivity index (χ4n) is 0.666. The smallest absolute Gasteiger partial charge is 0.133 e. The summed E-state index contributed by atoms with van der Waals surface area (Å²) in [6, 6.07) is 4.16. The van der Waals surface area contributed by atoms with E-state index in [0.29, 0.717) is 0 Å². The van der Waals surface area contributed by atoms with Crippen LogP contribution in [0.3, 0.4) is 0 Å². The Morgan fingerprint density at radius 2 is 2.50 bits per heavy atom. The summed E-state index contributed by atoms with van der Waals surface area (Å²) >= 11 is 3.05. The maximum absolute atomic E-state index is 8.25. The molecule has 10 heavy (non-hydrogen) atoms. The van der Waals surface area contributed by atoms with Gasteiger partial charge < -0.3 is 0 Å². The third-order valence-corrected chi connectivity index (χ3v) is 2.84. The van der Waals surface area contributed by atoms with Crippen molar-refractivity contribution in [1.29, 1.82) is 5.26 Å². The number of aryl methyl sites for hydroxylation is 1. The highest BCUT2D eigenvalue weighted by atomic mass is 32.2. The van der Waals surface area contributed by atoms with E-state index >= 15 is 0 Å². The Hall–Kier alpha value is -0.460. The molecule has 1 aromatic rings. The van der Waals surface area contributed by atoms with Gasteiger partial charge in [0.25, 0.3) is 0 Å². The second kappa shape index (κ2) is 3.65. The van der Waals surface area contributed by atoms with E-state index < -0.39 is 0 Å². The average Bonchev–Trinajstić information content (AvgIpc) is 2.31. The van der Waals surface area contributed by atoms with Crippen LogP contribution >= 0.6 is 23.1 Å². The maximum Gasteiger partial charge on any atom is 0.133 e. The van der Waals surface area contributed by atoms with Gasteiger partial charge in [-0.2, -0.15) is 5.26 Å². The molecule has 0 saturated heterocycles. The van der Waals surface area contributed by atoms with Crippen molar-refractivity contribution in [3.8, 4) is 5.40 Å². The highest BCUT2D eigenvalue weighted by Gasteiger charge is 1.94. The summed E-state index contributed by atoms with van der Waals surface area (Å²) in [6.07, 6.45) is 0. The van der Waals surface area contributed by atoms with Crippen LogP contribution in [0.2, 0.25) is 0 Å². The van der Waals surface area contributed by atoms with Crippen LogP contribution in [0.25, 0.3) is 0 Å². The monoisotopic (exact) mass is 169 g/mol. The van der Waals surface area contributed by atoms with Gasteiger partial charge in [-0.1, -0.05) is 0 Å². The van der Waals surface area contributed by atoms with Crippen molar-refractivity contribution in [3.05, 3.63) is 21.9 Å². The highest BCUT2D eigenvalue weighted by molar-refractivity contribution is 8.03. The first-order valence-corrected chi connectivity index (χ1v) is 4.69. The first kappa shape index (κ1) is 7.64. The van der Waals surface area contributed by atoms with E-state index in [-0.39, 0.29) is 0 Å². The molecular weight excluding hydrogens is 162 g/mol. The summed E-state index contributed by atoms with van der Waals surface area (Å²) in [5.74, 6) is 0.828. The van der Waals surface area contributed by atoms with E-state index in [1.54, 1.807) is 11.3 Å². The minimum atomic E-state index is 0.828. The number of nitrogens with zero attached hydrogens (tertiary/aromatic N) is 1. The van der Waals surface area contributed by atoms with E-state index in [4.69, 9.17) is 5.26 Å². The molecule has 0 aromatic carbocycles. The minimum absolute atomic E-state index is 0.828. The molecule has 0 aliphatic rings. The molecule has 0 radical (unpaired) electrons. The minimum Gasteiger partial charge on any atom is -0.185 e. The summed E-state index contributed by atoms with van der Waals surface area (Å²) in [4.78, 5) is 2.59. The molecule has 0 unspecified atom stereocenters. The molecule has 0 amide bonds. The number of hydrogen-bond acceptors (Lipinski definition) is 3. The highest BCUT2D eigenvalue weighted by Crippen LogP contribution is 2.19. The van der Waals surface area contributed by atoms with Crippen LogP contribution < -0.4 is 0 Å². The maximum atomic E-state index is 8.25. The van der Waals surface area contributed by atoms with Gasteiger partial charge in [-0.3, -0.25) is 0 Å². The van der Waals surface area contributed by atoms with Gasteiger partial charge >= 0.3 is 0 Å². The van der Waals surface area contributed by atoms with Crippen molar-refractivity contribution < 1.29 is 0 Å². The summed E-state index contributed by atoms with van der Waals surface area (Å²) in [5, 5.41) is 10.3. The number of thiocyanates is 1. The number of hydrogen-bond donors (Lipinski definition) is 0. The molecular formula is C7H7NS2. The Balaban J connectivity index is 2.52. The summed E-state index contributed by atoms with van der Waals surface area (Å²) in [6.45, 7) is 2.07. The van der Waals surface area contributed by atoms with Crippen LogP contribution in [-0.4, -0.2) is 0 Å². The topological polar surface area (TPSA) is 23.8 Å². The summed E-state index contributed by atoms with van der Waals surface area (Å²) in [5.41, 5.74) is 0. The van der Waals surface area contributed by atoms with Gasteiger partial charge in [0.05, 0.1) is 0 Å². The molecule has 0 aliphatic heterocycles. The van der Waals surface area contributed by atoms with E-state index in [0.717, 1.165) is 5.75 Å². The Morgan fingerprint density at radius 1 is 1.70 bits per heavy atom. The lowest BCUT2D eigenvalue weighted by molar-refractivity contribution is 1.53. The molecule has 1 aromatic heterocycles. The van der Waals surface area contributed by atoms with Crippen LogP contribution in [0.5, 0.6) is 0 Å². The van der Waals surface area contributed by atoms with Gasteiger partial charge in [0, 0.05) is 15.5 Å². The van der Waals surface area contributed by atoms with Gasteiger partial charge in [0.1, 0.15) is 5.40 Å². The van der Waals surface area contributed by atoms with Gasteiger partial charge in [-0.25, -0.2) is 0 Å². The molecule has 0 saturated carbocycles. The SMILES string of the molecule is Cc1ccc(CSC#N)s1. The Labute approximate surface area is 68.7 Å². The van der Waals surface area contributed by atoms with Crippen molar-refractivity contribution >= 4 is 23.1 Å². The molecule has 1 rings (SSSR count). The molecule has 0 atom stereocenters. The lowest BCUT2D eigenvalue weighted by Crippen LogP contribution is -1.65. The Bertz CT molecular complexity index is 246. The molecule has 3 heteroatoms. The van der Waals surface area contributed by atoms with Crippen LogP contribution in [0, 0.1) is 17.6 Å². The quantitative estimate of drug-likeness (QED) is 0.636. The lowest BCUT2D eigenvalue weighted by Gasteiger charge is -1.84. The van der Waals surface area contributed by atoms with Gasteiger partial charge in [-0.05, 0) is 30.8 Å². The van der Waals surface area contributed by atoms with E-state index in [1.807, 2.05) is 5.40 Å². The third-order valence-electron chi connectivity index (χ3n) is 1.07. The van der Waals surface area contributed by atoms with E-state index in [9.17, 15) is 0 Å². The van der Waals surface area contributed by atoms with Gasteiger partial charge in [0.15, 0.2) is 0 Å². The predicted molar refractivity (Wildman–Crippen MR) is 46.0 cm³/mol. The molecule has 52 valence electrons. The Morgan fingerprint density at radius 3 is 3.00 bits per heavy atom. The van der Waals surface area contributed by atoms with Crippen molar-refractivity contribution in [2.24, 2.45) is 0 Å². The molecule has 0 spiro atoms. The predicted octanol–water partition coefficient (Wildman–Crippen LogP) is 2.77. The number of rotatable bonds is 2. The molecule has 0 fully saturated rings. The van der Waals surface area contributed by atoms with Crippen molar-refractivity contribution in [2.75, 3.05) is 0 Å². The van der Waals surface area contributed by atoms with Crippen molar-refractivity contribution in [1.82, 2.24) is 0 Å². The number of thioether (sulfide) groups is 1. The largest absolute Gasteiger partial charge is 0.185 e. The molecule has 0 aliphatic carbocycles. The van der Waals surface area contributed by atoms with E-state index in [1.165, 1.54) is 21.5 Å². The van der Waals surface area contributed by atoms with Crippen LogP contribution in [0.4, 0.5) is 0 Å². The first-order valence-electron chi connectivity index (χ1n) is 2.89. The fourth-order valence-corrected chi connectivity index (χ4v) is 2.07. The Kier molecular flexibility index (Phi) is 2.79. The van der Waals surface area contributed by atoms with Gasteiger partial charge in [0.2, 0.25) is 0 Å². The molecule has 1 nitrogen and oxygen atoms in total. The second-order valence-corrected chi connectivity index (χ2v) is 4.02. The second-order valence-electron chi connectivity index (χ2n) is 1.89. The number of thiophene rings is 1. The van der Waals surface area contributed by atoms with Crippen LogP contribution in [0.15, 0.2) is 12.1 Å². The third kappa shape index (κ3) is 2.05. The zero-order chi connectivity index (χ0) is 7.40. The van der Waals surface area contributed by atoms with Gasteiger partial charge in [-0.15, -0.1) is 11.3 Å². The van der Waals surface area contributed by atoms with Crippen LogP contribution in [0.1, 0.15) is 9.75 Å². The van der Waals surface area contributed by atoms with Crippen molar-refractivity contribution in [2.45, 2.75) is 12.7 Å². The zero-order valence-electron chi connectivity index (χ0n) is 5.63. The normalized spacial score (nSPS) is 9.20. The fraction of sp³-hybridized carbons (Fsp3) is 0.286. The summed E-state index contributed by atoms with van der Waals surface area (Å²) in [7, 11) is 0. The molecule has 1 heterocycles. The zero-order valence-corrected chi connectivity index (χ0v) is 7.26. The molecule has 0 bridgehead atoms.